The summed E-state index contributed by atoms with van der Waals surface area (Å²) in [5.41, 5.74) is 4.61. The van der Waals surface area contributed by atoms with Gasteiger partial charge in [0.2, 0.25) is 5.91 Å². The van der Waals surface area contributed by atoms with E-state index in [1.165, 1.54) is 0 Å². The van der Waals surface area contributed by atoms with E-state index in [1.807, 2.05) is 0 Å². The molecular weight excluding hydrogens is 182 g/mol. The van der Waals surface area contributed by atoms with Gasteiger partial charge in [0.05, 0.1) is 6.61 Å². The van der Waals surface area contributed by atoms with Gasteiger partial charge < -0.3 is 31.3 Å². The average Bonchev–Trinajstić information content (AvgIpc) is 2.12. The van der Waals surface area contributed by atoms with Crippen LogP contribution in [0.1, 0.15) is 0 Å². The summed E-state index contributed by atoms with van der Waals surface area (Å²) in [6, 6.07) is 0. The number of hydrogen-bond acceptors (Lipinski definition) is 6. The molecule has 7 heteroatoms. The van der Waals surface area contributed by atoms with Crippen LogP contribution < -0.4 is 5.73 Å². The Bertz CT molecular complexity index is 175. The van der Waals surface area contributed by atoms with Crippen LogP contribution in [-0.4, -0.2) is 62.5 Å². The van der Waals surface area contributed by atoms with Gasteiger partial charge in [0.15, 0.2) is 6.10 Å². The molecule has 0 rings (SSSR count). The van der Waals surface area contributed by atoms with Gasteiger partial charge in [-0.3, -0.25) is 4.79 Å². The first-order valence-corrected chi connectivity index (χ1v) is 3.54. The van der Waals surface area contributed by atoms with Crippen LogP contribution in [0.3, 0.4) is 0 Å². The van der Waals surface area contributed by atoms with E-state index < -0.39 is 36.9 Å². The normalized spacial score (nSPS) is 20.4. The lowest BCUT2D eigenvalue weighted by molar-refractivity contribution is -0.146. The van der Waals surface area contributed by atoms with E-state index in [4.69, 9.17) is 25.5 Å². The SMILES string of the molecule is NC(=O)[C@H](O)[C@H](O)[C@H](O)[C@@H](O)CO. The van der Waals surface area contributed by atoms with Crippen molar-refractivity contribution in [2.24, 2.45) is 5.73 Å². The van der Waals surface area contributed by atoms with Crippen LogP contribution >= 0.6 is 0 Å². The molecule has 0 aliphatic heterocycles. The minimum absolute atomic E-state index is 0.802. The summed E-state index contributed by atoms with van der Waals surface area (Å²) in [6.45, 7) is -0.802. The molecule has 13 heavy (non-hydrogen) atoms. The molecule has 0 spiro atoms. The van der Waals surface area contributed by atoms with Gasteiger partial charge >= 0.3 is 0 Å². The van der Waals surface area contributed by atoms with E-state index in [9.17, 15) is 4.79 Å². The summed E-state index contributed by atoms with van der Waals surface area (Å²) in [5.74, 6) is -1.23. The van der Waals surface area contributed by atoms with Crippen molar-refractivity contribution >= 4 is 5.91 Å². The van der Waals surface area contributed by atoms with E-state index in [2.05, 4.69) is 5.73 Å². The minimum atomic E-state index is -1.98. The maximum absolute atomic E-state index is 10.3. The van der Waals surface area contributed by atoms with E-state index in [-0.39, 0.29) is 0 Å². The molecule has 0 aliphatic rings. The fourth-order valence-electron chi connectivity index (χ4n) is 0.691. The molecule has 4 atom stereocenters. The third-order valence-electron chi connectivity index (χ3n) is 1.55. The molecule has 0 fully saturated rings. The van der Waals surface area contributed by atoms with Crippen LogP contribution in [-0.2, 0) is 4.79 Å². The molecule has 0 heterocycles. The summed E-state index contributed by atoms with van der Waals surface area (Å²) >= 11 is 0. The first kappa shape index (κ1) is 12.3. The Morgan fingerprint density at radius 3 is 1.92 bits per heavy atom. The summed E-state index contributed by atoms with van der Waals surface area (Å²) < 4.78 is 0. The second kappa shape index (κ2) is 5.10. The number of aliphatic hydroxyl groups is 5. The fraction of sp³-hybridized carbons (Fsp3) is 0.833. The first-order chi connectivity index (χ1) is 5.91. The van der Waals surface area contributed by atoms with Crippen LogP contribution in [0, 0.1) is 0 Å². The van der Waals surface area contributed by atoms with Gasteiger partial charge in [0.1, 0.15) is 18.3 Å². The van der Waals surface area contributed by atoms with Crippen molar-refractivity contribution in [3.8, 4) is 0 Å². The highest BCUT2D eigenvalue weighted by Gasteiger charge is 2.32. The van der Waals surface area contributed by atoms with Crippen molar-refractivity contribution < 1.29 is 30.3 Å². The highest BCUT2D eigenvalue weighted by atomic mass is 16.4. The largest absolute Gasteiger partial charge is 0.394 e. The zero-order valence-electron chi connectivity index (χ0n) is 6.74. The summed E-state index contributed by atoms with van der Waals surface area (Å²) in [4.78, 5) is 10.3. The molecule has 0 saturated heterocycles. The Kier molecular flexibility index (Phi) is 4.81. The molecule has 0 aromatic carbocycles. The van der Waals surface area contributed by atoms with Crippen LogP contribution in [0.5, 0.6) is 0 Å². The molecule has 0 aromatic heterocycles. The van der Waals surface area contributed by atoms with E-state index in [0.717, 1.165) is 0 Å². The number of hydrogen-bond donors (Lipinski definition) is 6. The van der Waals surface area contributed by atoms with Gasteiger partial charge in [-0.2, -0.15) is 0 Å². The number of primary amides is 1. The third-order valence-corrected chi connectivity index (χ3v) is 1.55. The van der Waals surface area contributed by atoms with Gasteiger partial charge in [-0.1, -0.05) is 0 Å². The van der Waals surface area contributed by atoms with E-state index in [0.29, 0.717) is 0 Å². The van der Waals surface area contributed by atoms with Gasteiger partial charge in [0, 0.05) is 0 Å². The monoisotopic (exact) mass is 195 g/mol. The predicted molar refractivity (Wildman–Crippen MR) is 40.3 cm³/mol. The topological polar surface area (TPSA) is 144 Å². The molecule has 0 radical (unpaired) electrons. The smallest absolute Gasteiger partial charge is 0.249 e. The second-order valence-electron chi connectivity index (χ2n) is 2.58. The molecule has 0 saturated carbocycles. The van der Waals surface area contributed by atoms with Crippen LogP contribution in [0.4, 0.5) is 0 Å². The van der Waals surface area contributed by atoms with Gasteiger partial charge in [-0.05, 0) is 0 Å². The third kappa shape index (κ3) is 3.25. The lowest BCUT2D eigenvalue weighted by Crippen LogP contribution is -2.50. The van der Waals surface area contributed by atoms with Gasteiger partial charge in [0.25, 0.3) is 0 Å². The number of rotatable bonds is 5. The van der Waals surface area contributed by atoms with Crippen molar-refractivity contribution in [1.82, 2.24) is 0 Å². The van der Waals surface area contributed by atoms with Crippen LogP contribution in [0.15, 0.2) is 0 Å². The molecule has 0 unspecified atom stereocenters. The molecule has 7 nitrogen and oxygen atoms in total. The molecular formula is C6H13NO6. The van der Waals surface area contributed by atoms with Crippen molar-refractivity contribution in [3.63, 3.8) is 0 Å². The number of aliphatic hydroxyl groups excluding tert-OH is 5. The zero-order chi connectivity index (χ0) is 10.6. The van der Waals surface area contributed by atoms with Gasteiger partial charge in [-0.25, -0.2) is 0 Å². The Morgan fingerprint density at radius 2 is 1.62 bits per heavy atom. The quantitative estimate of drug-likeness (QED) is 0.263. The first-order valence-electron chi connectivity index (χ1n) is 3.54. The van der Waals surface area contributed by atoms with Crippen LogP contribution in [0.25, 0.3) is 0 Å². The van der Waals surface area contributed by atoms with Crippen molar-refractivity contribution in [1.29, 1.82) is 0 Å². The van der Waals surface area contributed by atoms with Crippen molar-refractivity contribution in [3.05, 3.63) is 0 Å². The molecule has 0 aromatic rings. The lowest BCUT2D eigenvalue weighted by atomic mass is 10.0. The Labute approximate surface area is 74.0 Å². The highest BCUT2D eigenvalue weighted by molar-refractivity contribution is 5.79. The summed E-state index contributed by atoms with van der Waals surface area (Å²) in [6.07, 6.45) is -7.35. The second-order valence-corrected chi connectivity index (χ2v) is 2.58. The molecule has 0 aliphatic carbocycles. The number of amides is 1. The van der Waals surface area contributed by atoms with Crippen molar-refractivity contribution in [2.75, 3.05) is 6.61 Å². The van der Waals surface area contributed by atoms with Crippen LogP contribution in [0.2, 0.25) is 0 Å². The minimum Gasteiger partial charge on any atom is -0.394 e. The lowest BCUT2D eigenvalue weighted by Gasteiger charge is -2.23. The number of carbonyl (C=O) groups is 1. The fourth-order valence-corrected chi connectivity index (χ4v) is 0.691. The molecule has 0 bridgehead atoms. The maximum Gasteiger partial charge on any atom is 0.249 e. The maximum atomic E-state index is 10.3. The Morgan fingerprint density at radius 1 is 1.15 bits per heavy atom. The van der Waals surface area contributed by atoms with E-state index in [1.54, 1.807) is 0 Å². The molecule has 78 valence electrons. The predicted octanol–water partition coefficient (Wildman–Crippen LogP) is -4.09. The number of carbonyl (C=O) groups excluding carboxylic acids is 1. The zero-order valence-corrected chi connectivity index (χ0v) is 6.74. The average molecular weight is 195 g/mol. The number of nitrogens with two attached hydrogens (primary N) is 1. The standard InChI is InChI=1S/C6H13NO6/c7-6(13)5(12)4(11)3(10)2(9)1-8/h2-5,8-12H,1H2,(H2,7,13)/t2-,3+,4+,5+/m0/s1. The Hall–Kier alpha value is -0.730. The molecule has 7 N–H and O–H groups in total. The summed E-state index contributed by atoms with van der Waals surface area (Å²) in [7, 11) is 0. The van der Waals surface area contributed by atoms with E-state index >= 15 is 0 Å². The van der Waals surface area contributed by atoms with Crippen molar-refractivity contribution in [2.45, 2.75) is 24.4 Å². The Balaban J connectivity index is 4.24. The van der Waals surface area contributed by atoms with Gasteiger partial charge in [-0.15, -0.1) is 0 Å². The highest BCUT2D eigenvalue weighted by Crippen LogP contribution is 2.04. The molecule has 1 amide bonds. The summed E-state index contributed by atoms with van der Waals surface area (Å²) in [5, 5.41) is 44.0.